The molecule has 1 aromatic heterocycles. The molecule has 4 nitrogen and oxygen atoms in total. The molecular weight excluding hydrogens is 360 g/mol. The van der Waals surface area contributed by atoms with Crippen molar-refractivity contribution in [3.63, 3.8) is 0 Å². The van der Waals surface area contributed by atoms with Crippen molar-refractivity contribution >= 4 is 16.7 Å². The number of methoxy groups -OCH3 is 2. The fourth-order valence-corrected chi connectivity index (χ4v) is 3.62. The van der Waals surface area contributed by atoms with Crippen LogP contribution in [-0.4, -0.2) is 21.3 Å². The van der Waals surface area contributed by atoms with Gasteiger partial charge in [0.2, 0.25) is 0 Å². The van der Waals surface area contributed by atoms with Gasteiger partial charge in [-0.05, 0) is 29.3 Å². The highest BCUT2D eigenvalue weighted by molar-refractivity contribution is 5.93. The quantitative estimate of drug-likeness (QED) is 0.470. The maximum Gasteiger partial charge on any atom is 0.275 e. The molecule has 0 aliphatic heterocycles. The summed E-state index contributed by atoms with van der Waals surface area (Å²) in [6.45, 7) is 0.740. The SMILES string of the molecule is COc1ccc(CN(C)c2cc(-c3ccccc3)c3ccccc3[nH+]2)cc1OC. The summed E-state index contributed by atoms with van der Waals surface area (Å²) in [5, 5.41) is 1.21. The predicted molar refractivity (Wildman–Crippen MR) is 118 cm³/mol. The molecule has 0 saturated carbocycles. The highest BCUT2D eigenvalue weighted by atomic mass is 16.5. The molecule has 0 radical (unpaired) electrons. The molecule has 146 valence electrons. The van der Waals surface area contributed by atoms with Crippen molar-refractivity contribution in [3.05, 3.63) is 84.4 Å². The monoisotopic (exact) mass is 385 g/mol. The average Bonchev–Trinajstić information content (AvgIpc) is 2.78. The Bertz CT molecular complexity index is 1130. The van der Waals surface area contributed by atoms with Gasteiger partial charge >= 0.3 is 0 Å². The van der Waals surface area contributed by atoms with E-state index < -0.39 is 0 Å². The zero-order valence-corrected chi connectivity index (χ0v) is 17.0. The molecule has 0 unspecified atom stereocenters. The van der Waals surface area contributed by atoms with Gasteiger partial charge in [0.15, 0.2) is 11.5 Å². The van der Waals surface area contributed by atoms with E-state index in [4.69, 9.17) is 9.47 Å². The van der Waals surface area contributed by atoms with Gasteiger partial charge in [0, 0.05) is 17.0 Å². The third-order valence-corrected chi connectivity index (χ3v) is 5.12. The first-order valence-corrected chi connectivity index (χ1v) is 9.62. The maximum atomic E-state index is 5.45. The topological polar surface area (TPSA) is 35.8 Å². The Kier molecular flexibility index (Phi) is 5.34. The molecule has 0 atom stereocenters. The van der Waals surface area contributed by atoms with Gasteiger partial charge in [-0.15, -0.1) is 0 Å². The van der Waals surface area contributed by atoms with Crippen molar-refractivity contribution in [2.45, 2.75) is 6.54 Å². The number of benzene rings is 3. The van der Waals surface area contributed by atoms with Gasteiger partial charge in [0.25, 0.3) is 5.82 Å². The molecule has 0 bridgehead atoms. The number of hydrogen-bond donors (Lipinski definition) is 0. The van der Waals surface area contributed by atoms with Gasteiger partial charge in [0.1, 0.15) is 12.1 Å². The Balaban J connectivity index is 1.72. The van der Waals surface area contributed by atoms with E-state index in [0.717, 1.165) is 34.9 Å². The summed E-state index contributed by atoms with van der Waals surface area (Å²) < 4.78 is 10.8. The van der Waals surface area contributed by atoms with Crippen LogP contribution in [0.15, 0.2) is 78.9 Å². The molecule has 0 saturated heterocycles. The summed E-state index contributed by atoms with van der Waals surface area (Å²) in [6, 6.07) is 27.2. The van der Waals surface area contributed by atoms with Crippen molar-refractivity contribution in [1.29, 1.82) is 0 Å². The second kappa shape index (κ2) is 8.23. The molecule has 4 aromatic rings. The number of ether oxygens (including phenoxy) is 2. The number of hydrogen-bond acceptors (Lipinski definition) is 3. The third kappa shape index (κ3) is 3.87. The Morgan fingerprint density at radius 2 is 1.52 bits per heavy atom. The number of pyridine rings is 1. The lowest BCUT2D eigenvalue weighted by Gasteiger charge is -2.15. The molecule has 1 N–H and O–H groups in total. The van der Waals surface area contributed by atoms with Gasteiger partial charge in [-0.25, -0.2) is 4.98 Å². The van der Waals surface area contributed by atoms with E-state index in [0.29, 0.717) is 0 Å². The fourth-order valence-electron chi connectivity index (χ4n) is 3.62. The lowest BCUT2D eigenvalue weighted by Crippen LogP contribution is -2.25. The molecule has 0 fully saturated rings. The van der Waals surface area contributed by atoms with Crippen molar-refractivity contribution < 1.29 is 14.5 Å². The van der Waals surface area contributed by atoms with Crippen LogP contribution in [0.2, 0.25) is 0 Å². The normalized spacial score (nSPS) is 10.7. The van der Waals surface area contributed by atoms with Crippen molar-refractivity contribution in [1.82, 2.24) is 0 Å². The minimum atomic E-state index is 0.738. The lowest BCUT2D eigenvalue weighted by atomic mass is 10.0. The molecule has 3 aromatic carbocycles. The van der Waals surface area contributed by atoms with Crippen molar-refractivity contribution in [2.75, 3.05) is 26.2 Å². The van der Waals surface area contributed by atoms with Crippen LogP contribution >= 0.6 is 0 Å². The van der Waals surface area contributed by atoms with E-state index in [-0.39, 0.29) is 0 Å². The molecule has 0 aliphatic carbocycles. The summed E-state index contributed by atoms with van der Waals surface area (Å²) in [6.07, 6.45) is 0. The summed E-state index contributed by atoms with van der Waals surface area (Å²) in [5.74, 6) is 2.53. The van der Waals surface area contributed by atoms with Crippen molar-refractivity contribution in [2.24, 2.45) is 0 Å². The summed E-state index contributed by atoms with van der Waals surface area (Å²) in [5.41, 5.74) is 4.68. The Hall–Kier alpha value is -3.53. The van der Waals surface area contributed by atoms with E-state index >= 15 is 0 Å². The van der Waals surface area contributed by atoms with E-state index in [1.807, 2.05) is 18.2 Å². The van der Waals surface area contributed by atoms with Crippen LogP contribution in [-0.2, 0) is 6.54 Å². The Morgan fingerprint density at radius 1 is 0.793 bits per heavy atom. The second-order valence-corrected chi connectivity index (χ2v) is 7.03. The maximum absolute atomic E-state index is 5.45. The minimum absolute atomic E-state index is 0.738. The van der Waals surface area contributed by atoms with Crippen LogP contribution in [0, 0.1) is 0 Å². The Labute approximate surface area is 171 Å². The van der Waals surface area contributed by atoms with Gasteiger partial charge in [0.05, 0.1) is 21.3 Å². The molecule has 1 heterocycles. The van der Waals surface area contributed by atoms with Crippen LogP contribution in [0.4, 0.5) is 5.82 Å². The zero-order chi connectivity index (χ0) is 20.2. The number of para-hydroxylation sites is 1. The van der Waals surface area contributed by atoms with Gasteiger partial charge < -0.3 is 9.47 Å². The second-order valence-electron chi connectivity index (χ2n) is 7.03. The minimum Gasteiger partial charge on any atom is -0.493 e. The number of H-pyrrole nitrogens is 1. The summed E-state index contributed by atoms with van der Waals surface area (Å²) in [7, 11) is 5.40. The molecule has 0 aliphatic rings. The third-order valence-electron chi connectivity index (χ3n) is 5.12. The number of nitrogens with one attached hydrogen (secondary N) is 1. The average molecular weight is 385 g/mol. The first kappa shape index (κ1) is 18.8. The number of aromatic amines is 1. The van der Waals surface area contributed by atoms with E-state index in [1.54, 1.807) is 14.2 Å². The van der Waals surface area contributed by atoms with Crippen LogP contribution in [0.25, 0.3) is 22.0 Å². The first-order valence-electron chi connectivity index (χ1n) is 9.62. The molecule has 29 heavy (non-hydrogen) atoms. The number of rotatable bonds is 6. The molecule has 4 rings (SSSR count). The van der Waals surface area contributed by atoms with Gasteiger partial charge in [-0.2, -0.15) is 0 Å². The standard InChI is InChI=1S/C25H24N2O2/c1-27(17-18-13-14-23(28-2)24(15-18)29-3)25-16-21(19-9-5-4-6-10-19)20-11-7-8-12-22(20)26-25/h4-16H,17H2,1-3H3/p+1. The fraction of sp³-hybridized carbons (Fsp3) is 0.160. The number of nitrogens with zero attached hydrogens (tertiary/aromatic N) is 1. The smallest absolute Gasteiger partial charge is 0.275 e. The van der Waals surface area contributed by atoms with E-state index in [1.165, 1.54) is 16.5 Å². The molecule has 4 heteroatoms. The highest BCUT2D eigenvalue weighted by Gasteiger charge is 2.17. The zero-order valence-electron chi connectivity index (χ0n) is 17.0. The van der Waals surface area contributed by atoms with Crippen LogP contribution in [0.3, 0.4) is 0 Å². The molecule has 0 spiro atoms. The van der Waals surface area contributed by atoms with E-state index in [9.17, 15) is 0 Å². The number of aromatic nitrogens is 1. The summed E-state index contributed by atoms with van der Waals surface area (Å²) in [4.78, 5) is 5.79. The molecular formula is C25H25N2O2+. The van der Waals surface area contributed by atoms with Crippen LogP contribution < -0.4 is 19.4 Å². The van der Waals surface area contributed by atoms with Crippen LogP contribution in [0.1, 0.15) is 5.56 Å². The van der Waals surface area contributed by atoms with Gasteiger partial charge in [-0.3, -0.25) is 4.90 Å². The van der Waals surface area contributed by atoms with Crippen LogP contribution in [0.5, 0.6) is 11.5 Å². The predicted octanol–water partition coefficient (Wildman–Crippen LogP) is 4.97. The number of anilines is 1. The number of fused-ring (bicyclic) bond motifs is 1. The lowest BCUT2D eigenvalue weighted by molar-refractivity contribution is -0.330. The van der Waals surface area contributed by atoms with Gasteiger partial charge in [-0.1, -0.05) is 54.6 Å². The largest absolute Gasteiger partial charge is 0.493 e. The first-order chi connectivity index (χ1) is 14.2. The van der Waals surface area contributed by atoms with E-state index in [2.05, 4.69) is 77.6 Å². The summed E-state index contributed by atoms with van der Waals surface area (Å²) >= 11 is 0. The van der Waals surface area contributed by atoms with Crippen molar-refractivity contribution in [3.8, 4) is 22.6 Å². The Morgan fingerprint density at radius 3 is 2.28 bits per heavy atom. The molecule has 0 amide bonds. The highest BCUT2D eigenvalue weighted by Crippen LogP contribution is 2.31.